The Morgan fingerprint density at radius 1 is 0.455 bits per heavy atom. The molecular formula is C42H48N2. The minimum Gasteiger partial charge on any atom is -0.342 e. The summed E-state index contributed by atoms with van der Waals surface area (Å²) in [6.45, 7) is 19.8. The fraction of sp³-hybridized carbons (Fsp3) is 0.286. The van der Waals surface area contributed by atoms with Crippen molar-refractivity contribution in [1.29, 1.82) is 0 Å². The number of nitrogens with zero attached hydrogens (tertiary/aromatic N) is 2. The van der Waals surface area contributed by atoms with Crippen LogP contribution in [0.25, 0.3) is 22.3 Å². The number of hydrogen-bond donors (Lipinski definition) is 0. The first kappa shape index (κ1) is 31.1. The maximum absolute atomic E-state index is 2.44. The van der Waals surface area contributed by atoms with Gasteiger partial charge in [-0.15, -0.1) is 0 Å². The molecule has 5 rings (SSSR count). The van der Waals surface area contributed by atoms with Crippen molar-refractivity contribution in [2.24, 2.45) is 0 Å². The highest BCUT2D eigenvalue weighted by Crippen LogP contribution is 2.40. The summed E-state index contributed by atoms with van der Waals surface area (Å²) in [5, 5.41) is 0. The Kier molecular flexibility index (Phi) is 9.59. The maximum Gasteiger partial charge on any atom is 0.0443 e. The SMILES string of the molecule is CCc1ccccc1N(CC)c1ccc(-c2cc(C)cc(-c3ccc(N(CC)c4ccccc4CC)cc3C)c2C)c(C)c1. The molecule has 2 nitrogen and oxygen atoms in total. The smallest absolute Gasteiger partial charge is 0.0443 e. The molecule has 0 aliphatic rings. The molecule has 0 spiro atoms. The van der Waals surface area contributed by atoms with Gasteiger partial charge in [0.15, 0.2) is 0 Å². The molecule has 0 saturated heterocycles. The van der Waals surface area contributed by atoms with Crippen LogP contribution in [0.3, 0.4) is 0 Å². The quantitative estimate of drug-likeness (QED) is 0.162. The van der Waals surface area contributed by atoms with E-state index in [-0.39, 0.29) is 0 Å². The molecule has 226 valence electrons. The van der Waals surface area contributed by atoms with Gasteiger partial charge < -0.3 is 9.80 Å². The van der Waals surface area contributed by atoms with Gasteiger partial charge in [0.25, 0.3) is 0 Å². The average Bonchev–Trinajstić information content (AvgIpc) is 3.03. The molecule has 0 aliphatic heterocycles. The molecule has 0 aromatic heterocycles. The van der Waals surface area contributed by atoms with Crippen molar-refractivity contribution in [3.63, 3.8) is 0 Å². The number of benzene rings is 5. The molecule has 44 heavy (non-hydrogen) atoms. The van der Waals surface area contributed by atoms with E-state index in [9.17, 15) is 0 Å². The summed E-state index contributed by atoms with van der Waals surface area (Å²) in [6.07, 6.45) is 2.05. The molecule has 0 aliphatic carbocycles. The highest BCUT2D eigenvalue weighted by atomic mass is 15.1. The molecule has 2 heteroatoms. The van der Waals surface area contributed by atoms with E-state index in [1.165, 1.54) is 78.4 Å². The van der Waals surface area contributed by atoms with Crippen molar-refractivity contribution >= 4 is 22.7 Å². The molecule has 0 radical (unpaired) electrons. The molecule has 0 heterocycles. The summed E-state index contributed by atoms with van der Waals surface area (Å²) in [6, 6.07) is 36.3. The van der Waals surface area contributed by atoms with Gasteiger partial charge in [0, 0.05) is 35.8 Å². The van der Waals surface area contributed by atoms with Gasteiger partial charge in [-0.3, -0.25) is 0 Å². The van der Waals surface area contributed by atoms with Crippen LogP contribution >= 0.6 is 0 Å². The van der Waals surface area contributed by atoms with Gasteiger partial charge in [-0.2, -0.15) is 0 Å². The van der Waals surface area contributed by atoms with E-state index >= 15 is 0 Å². The Balaban J connectivity index is 1.53. The molecule has 5 aromatic rings. The van der Waals surface area contributed by atoms with Crippen molar-refractivity contribution in [1.82, 2.24) is 0 Å². The predicted octanol–water partition coefficient (Wildman–Crippen LogP) is 11.7. The Hall–Kier alpha value is -4.30. The topological polar surface area (TPSA) is 6.48 Å². The van der Waals surface area contributed by atoms with E-state index in [0.29, 0.717) is 0 Å². The zero-order chi connectivity index (χ0) is 31.4. The fourth-order valence-electron chi connectivity index (χ4n) is 6.78. The second kappa shape index (κ2) is 13.6. The molecule has 0 fully saturated rings. The van der Waals surface area contributed by atoms with Gasteiger partial charge in [0.2, 0.25) is 0 Å². The van der Waals surface area contributed by atoms with Gasteiger partial charge >= 0.3 is 0 Å². The first-order valence-electron chi connectivity index (χ1n) is 16.3. The predicted molar refractivity (Wildman–Crippen MR) is 193 cm³/mol. The van der Waals surface area contributed by atoms with Crippen molar-refractivity contribution < 1.29 is 0 Å². The lowest BCUT2D eigenvalue weighted by molar-refractivity contribution is 0.995. The van der Waals surface area contributed by atoms with Crippen LogP contribution in [0, 0.1) is 27.7 Å². The lowest BCUT2D eigenvalue weighted by atomic mass is 9.87. The molecule has 5 aromatic carbocycles. The molecule has 0 atom stereocenters. The van der Waals surface area contributed by atoms with E-state index in [2.05, 4.69) is 162 Å². The zero-order valence-electron chi connectivity index (χ0n) is 28.0. The van der Waals surface area contributed by atoms with Crippen molar-refractivity contribution in [2.75, 3.05) is 22.9 Å². The first-order chi connectivity index (χ1) is 21.3. The number of aryl methyl sites for hydroxylation is 5. The van der Waals surface area contributed by atoms with Crippen molar-refractivity contribution in [2.45, 2.75) is 68.2 Å². The number of rotatable bonds is 10. The van der Waals surface area contributed by atoms with Crippen LogP contribution < -0.4 is 9.80 Å². The van der Waals surface area contributed by atoms with Crippen LogP contribution in [-0.2, 0) is 12.8 Å². The maximum atomic E-state index is 2.44. The highest BCUT2D eigenvalue weighted by molar-refractivity contribution is 5.84. The number of hydrogen-bond acceptors (Lipinski definition) is 2. The summed E-state index contributed by atoms with van der Waals surface area (Å²) < 4.78 is 0. The third-order valence-corrected chi connectivity index (χ3v) is 9.13. The van der Waals surface area contributed by atoms with Gasteiger partial charge in [0.1, 0.15) is 0 Å². The molecule has 0 N–H and O–H groups in total. The summed E-state index contributed by atoms with van der Waals surface area (Å²) in [5.41, 5.74) is 18.3. The van der Waals surface area contributed by atoms with Crippen LogP contribution in [0.2, 0.25) is 0 Å². The summed E-state index contributed by atoms with van der Waals surface area (Å²) in [7, 11) is 0. The summed E-state index contributed by atoms with van der Waals surface area (Å²) in [5.74, 6) is 0. The van der Waals surface area contributed by atoms with Gasteiger partial charge in [-0.25, -0.2) is 0 Å². The fourth-order valence-corrected chi connectivity index (χ4v) is 6.78. The monoisotopic (exact) mass is 580 g/mol. The van der Waals surface area contributed by atoms with E-state index in [4.69, 9.17) is 0 Å². The Bertz CT molecular complexity index is 1640. The highest BCUT2D eigenvalue weighted by Gasteiger charge is 2.17. The number of anilines is 4. The summed E-state index contributed by atoms with van der Waals surface area (Å²) >= 11 is 0. The van der Waals surface area contributed by atoms with E-state index in [1.54, 1.807) is 0 Å². The normalized spacial score (nSPS) is 11.1. The third kappa shape index (κ3) is 6.04. The Morgan fingerprint density at radius 3 is 1.23 bits per heavy atom. The zero-order valence-corrected chi connectivity index (χ0v) is 28.0. The van der Waals surface area contributed by atoms with Crippen molar-refractivity contribution in [3.05, 3.63) is 130 Å². The van der Waals surface area contributed by atoms with E-state index in [1.807, 2.05) is 0 Å². The number of para-hydroxylation sites is 2. The molecule has 0 bridgehead atoms. The third-order valence-electron chi connectivity index (χ3n) is 9.13. The van der Waals surface area contributed by atoms with Crippen molar-refractivity contribution in [3.8, 4) is 22.3 Å². The lowest BCUT2D eigenvalue weighted by Gasteiger charge is -2.27. The minimum atomic E-state index is 0.929. The molecule has 0 unspecified atom stereocenters. The second-order valence-corrected chi connectivity index (χ2v) is 11.9. The Morgan fingerprint density at radius 2 is 0.864 bits per heavy atom. The van der Waals surface area contributed by atoms with E-state index in [0.717, 1.165) is 25.9 Å². The van der Waals surface area contributed by atoms with Gasteiger partial charge in [-0.05, 0) is 146 Å². The van der Waals surface area contributed by atoms with Crippen LogP contribution in [0.5, 0.6) is 0 Å². The van der Waals surface area contributed by atoms with Crippen LogP contribution in [-0.4, -0.2) is 13.1 Å². The summed E-state index contributed by atoms with van der Waals surface area (Å²) in [4.78, 5) is 4.88. The Labute approximate surface area is 266 Å². The van der Waals surface area contributed by atoms with Crippen LogP contribution in [0.15, 0.2) is 97.1 Å². The average molecular weight is 581 g/mol. The van der Waals surface area contributed by atoms with Gasteiger partial charge in [-0.1, -0.05) is 74.5 Å². The second-order valence-electron chi connectivity index (χ2n) is 11.9. The van der Waals surface area contributed by atoms with E-state index < -0.39 is 0 Å². The minimum absolute atomic E-state index is 0.929. The molecule has 0 amide bonds. The standard InChI is InChI=1S/C42H48N2/c1-9-33-17-13-15-19-41(33)43(11-3)35-21-23-37(30(6)27-35)39-25-29(5)26-40(32(39)8)38-24-22-36(28-31(38)7)44(12-4)42-20-16-14-18-34(42)10-2/h13-28H,9-12H2,1-8H3. The lowest BCUT2D eigenvalue weighted by Crippen LogP contribution is -2.17. The van der Waals surface area contributed by atoms with Crippen LogP contribution in [0.4, 0.5) is 22.7 Å². The van der Waals surface area contributed by atoms with Gasteiger partial charge in [0.05, 0.1) is 0 Å². The molecule has 0 saturated carbocycles. The van der Waals surface area contributed by atoms with Crippen LogP contribution in [0.1, 0.15) is 61.1 Å². The largest absolute Gasteiger partial charge is 0.342 e. The first-order valence-corrected chi connectivity index (χ1v) is 16.3. The molecular weight excluding hydrogens is 532 g/mol.